The van der Waals surface area contributed by atoms with Crippen molar-refractivity contribution in [2.24, 2.45) is 5.92 Å². The Morgan fingerprint density at radius 3 is 2.55 bits per heavy atom. The third-order valence-corrected chi connectivity index (χ3v) is 4.43. The van der Waals surface area contributed by atoms with Crippen LogP contribution in [0.15, 0.2) is 12.1 Å². The van der Waals surface area contributed by atoms with Crippen LogP contribution in [0.1, 0.15) is 18.3 Å². The Labute approximate surface area is 119 Å². The molecule has 0 bridgehead atoms. The lowest BCUT2D eigenvalue weighted by Gasteiger charge is -2.10. The second kappa shape index (κ2) is 6.69. The summed E-state index contributed by atoms with van der Waals surface area (Å²) in [5.41, 5.74) is 1.08. The number of aryl methyl sites for hydroxylation is 1. The van der Waals surface area contributed by atoms with Gasteiger partial charge in [0.1, 0.15) is 5.75 Å². The summed E-state index contributed by atoms with van der Waals surface area (Å²) in [6.45, 7) is 3.28. The highest BCUT2D eigenvalue weighted by Crippen LogP contribution is 2.16. The first kappa shape index (κ1) is 16.4. The van der Waals surface area contributed by atoms with Crippen LogP contribution in [0.3, 0.4) is 0 Å². The van der Waals surface area contributed by atoms with Gasteiger partial charge in [0.25, 0.3) is 0 Å². The van der Waals surface area contributed by atoms with Crippen molar-refractivity contribution in [3.05, 3.63) is 23.5 Å². The van der Waals surface area contributed by atoms with Gasteiger partial charge in [0.05, 0.1) is 37.3 Å². The number of carbonyl (C=O) groups excluding carboxylic acids is 1. The van der Waals surface area contributed by atoms with Gasteiger partial charge < -0.3 is 9.47 Å². The van der Waals surface area contributed by atoms with E-state index in [-0.39, 0.29) is 11.5 Å². The predicted molar refractivity (Wildman–Crippen MR) is 74.2 cm³/mol. The number of carbonyl (C=O) groups is 1. The molecule has 6 nitrogen and oxygen atoms in total. The van der Waals surface area contributed by atoms with E-state index in [1.54, 1.807) is 19.1 Å². The molecule has 0 aliphatic heterocycles. The summed E-state index contributed by atoms with van der Waals surface area (Å²) in [4.78, 5) is 15.4. The highest BCUT2D eigenvalue weighted by molar-refractivity contribution is 7.90. The maximum Gasteiger partial charge on any atom is 0.309 e. The number of hydrogen-bond acceptors (Lipinski definition) is 6. The minimum absolute atomic E-state index is 0.230. The second-order valence-electron chi connectivity index (χ2n) is 4.62. The Hall–Kier alpha value is -1.63. The molecule has 0 aliphatic carbocycles. The summed E-state index contributed by atoms with van der Waals surface area (Å²) < 4.78 is 33.7. The van der Waals surface area contributed by atoms with Crippen molar-refractivity contribution in [2.75, 3.05) is 20.0 Å². The fourth-order valence-electron chi connectivity index (χ4n) is 1.83. The quantitative estimate of drug-likeness (QED) is 0.732. The minimum Gasteiger partial charge on any atom is -0.497 e. The number of hydrogen-bond donors (Lipinski definition) is 0. The van der Waals surface area contributed by atoms with Crippen LogP contribution in [0, 0.1) is 12.8 Å². The molecule has 7 heteroatoms. The summed E-state index contributed by atoms with van der Waals surface area (Å²) in [6.07, 6.45) is 0. The predicted octanol–water partition coefficient (Wildman–Crippen LogP) is 1.12. The van der Waals surface area contributed by atoms with Crippen molar-refractivity contribution in [1.29, 1.82) is 0 Å². The van der Waals surface area contributed by atoms with Crippen molar-refractivity contribution in [3.8, 4) is 5.75 Å². The van der Waals surface area contributed by atoms with Crippen LogP contribution < -0.4 is 4.74 Å². The normalized spacial score (nSPS) is 12.8. The molecule has 0 spiro atoms. The van der Waals surface area contributed by atoms with E-state index < -0.39 is 21.7 Å². The Kier molecular flexibility index (Phi) is 5.50. The maximum absolute atomic E-state index is 12.1. The van der Waals surface area contributed by atoms with Crippen molar-refractivity contribution in [2.45, 2.75) is 19.6 Å². The fraction of sp³-hybridized carbons (Fsp3) is 0.538. The largest absolute Gasteiger partial charge is 0.497 e. The molecular weight excluding hydrogens is 282 g/mol. The van der Waals surface area contributed by atoms with Gasteiger partial charge >= 0.3 is 5.97 Å². The van der Waals surface area contributed by atoms with E-state index in [1.807, 2.05) is 0 Å². The fourth-order valence-corrected chi connectivity index (χ4v) is 3.44. The Balaban J connectivity index is 2.86. The van der Waals surface area contributed by atoms with Crippen LogP contribution >= 0.6 is 0 Å². The van der Waals surface area contributed by atoms with E-state index in [0.29, 0.717) is 17.1 Å². The minimum atomic E-state index is -3.45. The van der Waals surface area contributed by atoms with Gasteiger partial charge in [-0.1, -0.05) is 6.92 Å². The van der Waals surface area contributed by atoms with Crippen LogP contribution in [0.25, 0.3) is 0 Å². The molecule has 112 valence electrons. The van der Waals surface area contributed by atoms with Crippen LogP contribution in [-0.4, -0.2) is 39.3 Å². The van der Waals surface area contributed by atoms with Crippen LogP contribution in [-0.2, 0) is 25.1 Å². The standard InChI is InChI=1S/C13H19NO5S/c1-9(13(15)19-4)7-20(16,17)8-11-6-12(18-3)5-10(2)14-11/h5-6,9H,7-8H2,1-4H3. The molecule has 1 unspecified atom stereocenters. The summed E-state index contributed by atoms with van der Waals surface area (Å²) in [7, 11) is -0.709. The SMILES string of the molecule is COC(=O)C(C)CS(=O)(=O)Cc1cc(OC)cc(C)n1. The molecule has 1 rings (SSSR count). The zero-order chi connectivity index (χ0) is 15.3. The third-order valence-electron chi connectivity index (χ3n) is 2.69. The van der Waals surface area contributed by atoms with Gasteiger partial charge in [-0.15, -0.1) is 0 Å². The number of pyridine rings is 1. The lowest BCUT2D eigenvalue weighted by Crippen LogP contribution is -2.23. The summed E-state index contributed by atoms with van der Waals surface area (Å²) in [5, 5.41) is 0. The molecule has 1 aromatic rings. The summed E-state index contributed by atoms with van der Waals surface area (Å²) in [6, 6.07) is 3.29. The number of methoxy groups -OCH3 is 2. The number of esters is 1. The van der Waals surface area contributed by atoms with E-state index >= 15 is 0 Å². The number of sulfone groups is 1. The maximum atomic E-state index is 12.1. The van der Waals surface area contributed by atoms with E-state index in [0.717, 1.165) is 0 Å². The van der Waals surface area contributed by atoms with Gasteiger partial charge in [-0.3, -0.25) is 9.78 Å². The van der Waals surface area contributed by atoms with Crippen LogP contribution in [0.4, 0.5) is 0 Å². The van der Waals surface area contributed by atoms with Crippen molar-refractivity contribution < 1.29 is 22.7 Å². The topological polar surface area (TPSA) is 82.6 Å². The molecule has 0 aromatic carbocycles. The average Bonchev–Trinajstić information content (AvgIpc) is 2.35. The van der Waals surface area contributed by atoms with E-state index in [2.05, 4.69) is 9.72 Å². The molecular formula is C13H19NO5S. The highest BCUT2D eigenvalue weighted by atomic mass is 32.2. The van der Waals surface area contributed by atoms with Gasteiger partial charge in [-0.05, 0) is 6.92 Å². The zero-order valence-electron chi connectivity index (χ0n) is 12.0. The lowest BCUT2D eigenvalue weighted by molar-refractivity contribution is -0.144. The first-order chi connectivity index (χ1) is 9.27. The van der Waals surface area contributed by atoms with Crippen molar-refractivity contribution in [1.82, 2.24) is 4.98 Å². The third kappa shape index (κ3) is 4.80. The molecule has 1 heterocycles. The average molecular weight is 301 g/mol. The number of aromatic nitrogens is 1. The van der Waals surface area contributed by atoms with Gasteiger partial charge in [-0.2, -0.15) is 0 Å². The van der Waals surface area contributed by atoms with Crippen molar-refractivity contribution >= 4 is 15.8 Å². The lowest BCUT2D eigenvalue weighted by atomic mass is 10.2. The molecule has 0 saturated heterocycles. The molecule has 0 N–H and O–H groups in total. The molecule has 1 aromatic heterocycles. The summed E-state index contributed by atoms with van der Waals surface area (Å²) >= 11 is 0. The second-order valence-corrected chi connectivity index (χ2v) is 6.73. The Morgan fingerprint density at radius 1 is 1.35 bits per heavy atom. The van der Waals surface area contributed by atoms with Crippen LogP contribution in [0.2, 0.25) is 0 Å². The highest BCUT2D eigenvalue weighted by Gasteiger charge is 2.23. The number of rotatable bonds is 6. The van der Waals surface area contributed by atoms with Gasteiger partial charge in [0, 0.05) is 17.8 Å². The number of ether oxygens (including phenoxy) is 2. The Morgan fingerprint density at radius 2 is 2.00 bits per heavy atom. The Bertz CT molecular complexity index is 582. The molecule has 0 amide bonds. The van der Waals surface area contributed by atoms with Gasteiger partial charge in [0.2, 0.25) is 0 Å². The zero-order valence-corrected chi connectivity index (χ0v) is 12.9. The van der Waals surface area contributed by atoms with Crippen molar-refractivity contribution in [3.63, 3.8) is 0 Å². The smallest absolute Gasteiger partial charge is 0.309 e. The van der Waals surface area contributed by atoms with E-state index in [9.17, 15) is 13.2 Å². The first-order valence-corrected chi connectivity index (χ1v) is 7.89. The molecule has 1 atom stereocenters. The van der Waals surface area contributed by atoms with Gasteiger partial charge in [-0.25, -0.2) is 8.42 Å². The first-order valence-electron chi connectivity index (χ1n) is 6.07. The van der Waals surface area contributed by atoms with Crippen LogP contribution in [0.5, 0.6) is 5.75 Å². The molecule has 0 saturated carbocycles. The van der Waals surface area contributed by atoms with E-state index in [4.69, 9.17) is 4.74 Å². The van der Waals surface area contributed by atoms with E-state index in [1.165, 1.54) is 21.1 Å². The van der Waals surface area contributed by atoms with Gasteiger partial charge in [0.15, 0.2) is 9.84 Å². The molecule has 0 aliphatic rings. The summed E-state index contributed by atoms with van der Waals surface area (Å²) in [5.74, 6) is -1.17. The molecule has 0 radical (unpaired) electrons. The molecule has 0 fully saturated rings. The number of nitrogens with zero attached hydrogens (tertiary/aromatic N) is 1. The monoisotopic (exact) mass is 301 g/mol. The molecule has 20 heavy (non-hydrogen) atoms.